The van der Waals surface area contributed by atoms with Crippen molar-refractivity contribution in [2.45, 2.75) is 39.2 Å². The molecule has 0 N–H and O–H groups in total. The topological polar surface area (TPSA) is 29.5 Å². The predicted octanol–water partition coefficient (Wildman–Crippen LogP) is 3.29. The van der Waals surface area contributed by atoms with Gasteiger partial charge in [0.1, 0.15) is 0 Å². The van der Waals surface area contributed by atoms with E-state index < -0.39 is 0 Å². The second kappa shape index (κ2) is 5.70. The SMILES string of the molecule is CCOC(=O)C=CCN1c2ccccc2C(C)(C)C1C. The average molecular weight is 273 g/mol. The molecule has 1 aliphatic heterocycles. The summed E-state index contributed by atoms with van der Waals surface area (Å²) in [7, 11) is 0. The van der Waals surface area contributed by atoms with Crippen LogP contribution >= 0.6 is 0 Å². The highest BCUT2D eigenvalue weighted by Crippen LogP contribution is 2.44. The van der Waals surface area contributed by atoms with E-state index in [1.165, 1.54) is 17.3 Å². The Morgan fingerprint density at radius 2 is 2.10 bits per heavy atom. The summed E-state index contributed by atoms with van der Waals surface area (Å²) in [5.74, 6) is -0.271. The Hall–Kier alpha value is -1.77. The summed E-state index contributed by atoms with van der Waals surface area (Å²) in [5.41, 5.74) is 2.75. The highest BCUT2D eigenvalue weighted by molar-refractivity contribution is 5.82. The highest BCUT2D eigenvalue weighted by atomic mass is 16.5. The van der Waals surface area contributed by atoms with Crippen LogP contribution < -0.4 is 4.90 Å². The molecular weight excluding hydrogens is 250 g/mol. The number of carbonyl (C=O) groups is 1. The van der Waals surface area contributed by atoms with E-state index in [1.807, 2.05) is 13.0 Å². The van der Waals surface area contributed by atoms with E-state index >= 15 is 0 Å². The van der Waals surface area contributed by atoms with Crippen LogP contribution in [0.25, 0.3) is 0 Å². The van der Waals surface area contributed by atoms with Crippen molar-refractivity contribution in [3.05, 3.63) is 42.0 Å². The zero-order valence-corrected chi connectivity index (χ0v) is 12.7. The monoisotopic (exact) mass is 273 g/mol. The summed E-state index contributed by atoms with van der Waals surface area (Å²) in [6.45, 7) is 9.72. The van der Waals surface area contributed by atoms with Gasteiger partial charge in [0.15, 0.2) is 0 Å². The molecule has 1 aliphatic rings. The Morgan fingerprint density at radius 3 is 2.80 bits per heavy atom. The van der Waals surface area contributed by atoms with Gasteiger partial charge in [-0.2, -0.15) is 0 Å². The Morgan fingerprint density at radius 1 is 1.40 bits per heavy atom. The van der Waals surface area contributed by atoms with Crippen LogP contribution in [0.4, 0.5) is 5.69 Å². The number of rotatable bonds is 4. The molecule has 1 atom stereocenters. The molecule has 0 radical (unpaired) electrons. The lowest BCUT2D eigenvalue weighted by molar-refractivity contribution is -0.137. The van der Waals surface area contributed by atoms with E-state index in [2.05, 4.69) is 49.9 Å². The van der Waals surface area contributed by atoms with E-state index in [4.69, 9.17) is 4.74 Å². The van der Waals surface area contributed by atoms with Gasteiger partial charge in [0, 0.05) is 29.8 Å². The van der Waals surface area contributed by atoms with E-state index in [0.717, 1.165) is 6.54 Å². The van der Waals surface area contributed by atoms with Gasteiger partial charge in [-0.15, -0.1) is 0 Å². The first-order chi connectivity index (χ1) is 9.48. The van der Waals surface area contributed by atoms with Crippen molar-refractivity contribution in [3.63, 3.8) is 0 Å². The fraction of sp³-hybridized carbons (Fsp3) is 0.471. The van der Waals surface area contributed by atoms with Gasteiger partial charge in [-0.25, -0.2) is 4.79 Å². The second-order valence-corrected chi connectivity index (χ2v) is 5.72. The van der Waals surface area contributed by atoms with Crippen molar-refractivity contribution in [2.75, 3.05) is 18.1 Å². The highest BCUT2D eigenvalue weighted by Gasteiger charge is 2.40. The number of hydrogen-bond donors (Lipinski definition) is 0. The molecule has 1 heterocycles. The van der Waals surface area contributed by atoms with Crippen LogP contribution in [0.3, 0.4) is 0 Å². The molecule has 0 fully saturated rings. The number of nitrogens with zero attached hydrogens (tertiary/aromatic N) is 1. The van der Waals surface area contributed by atoms with Crippen LogP contribution in [0.1, 0.15) is 33.3 Å². The van der Waals surface area contributed by atoms with Gasteiger partial charge < -0.3 is 9.64 Å². The normalized spacial score (nSPS) is 20.2. The largest absolute Gasteiger partial charge is 0.463 e. The lowest BCUT2D eigenvalue weighted by Crippen LogP contribution is -2.39. The molecule has 1 aromatic rings. The van der Waals surface area contributed by atoms with Crippen molar-refractivity contribution in [1.82, 2.24) is 0 Å². The zero-order valence-electron chi connectivity index (χ0n) is 12.7. The molecule has 1 unspecified atom stereocenters. The molecule has 0 aliphatic carbocycles. The number of hydrogen-bond acceptors (Lipinski definition) is 3. The van der Waals surface area contributed by atoms with Crippen LogP contribution in [0.15, 0.2) is 36.4 Å². The molecule has 3 nitrogen and oxygen atoms in total. The molecule has 0 amide bonds. The fourth-order valence-electron chi connectivity index (χ4n) is 2.80. The van der Waals surface area contributed by atoms with Crippen LogP contribution in [0.2, 0.25) is 0 Å². The minimum absolute atomic E-state index is 0.119. The van der Waals surface area contributed by atoms with Gasteiger partial charge in [0.2, 0.25) is 0 Å². The molecule has 108 valence electrons. The van der Waals surface area contributed by atoms with Crippen molar-refractivity contribution >= 4 is 11.7 Å². The summed E-state index contributed by atoms with van der Waals surface area (Å²) in [4.78, 5) is 13.7. The third kappa shape index (κ3) is 2.58. The van der Waals surface area contributed by atoms with Crippen molar-refractivity contribution < 1.29 is 9.53 Å². The summed E-state index contributed by atoms with van der Waals surface area (Å²) in [6.07, 6.45) is 3.40. The summed E-state index contributed by atoms with van der Waals surface area (Å²) >= 11 is 0. The van der Waals surface area contributed by atoms with Gasteiger partial charge >= 0.3 is 5.97 Å². The lowest BCUT2D eigenvalue weighted by atomic mass is 9.81. The van der Waals surface area contributed by atoms with E-state index in [0.29, 0.717) is 12.6 Å². The fourth-order valence-corrected chi connectivity index (χ4v) is 2.80. The summed E-state index contributed by atoms with van der Waals surface area (Å²) in [6, 6.07) is 8.90. The van der Waals surface area contributed by atoms with Crippen molar-refractivity contribution in [2.24, 2.45) is 0 Å². The molecule has 2 rings (SSSR count). The number of anilines is 1. The molecule has 0 saturated heterocycles. The minimum atomic E-state index is -0.271. The standard InChI is InChI=1S/C17H23NO2/c1-5-20-16(19)11-8-12-18-13(2)17(3,4)14-9-6-7-10-15(14)18/h6-11,13H,5,12H2,1-4H3. The Labute approximate surface area is 121 Å². The maximum absolute atomic E-state index is 11.3. The van der Waals surface area contributed by atoms with Gasteiger partial charge in [0.05, 0.1) is 6.61 Å². The van der Waals surface area contributed by atoms with Gasteiger partial charge in [-0.3, -0.25) is 0 Å². The number of carbonyl (C=O) groups excluding carboxylic acids is 1. The molecule has 3 heteroatoms. The molecular formula is C17H23NO2. The Balaban J connectivity index is 2.15. The van der Waals surface area contributed by atoms with Crippen molar-refractivity contribution in [1.29, 1.82) is 0 Å². The zero-order chi connectivity index (χ0) is 14.8. The molecule has 0 spiro atoms. The van der Waals surface area contributed by atoms with Crippen LogP contribution in [-0.4, -0.2) is 25.2 Å². The van der Waals surface area contributed by atoms with Gasteiger partial charge in [-0.1, -0.05) is 38.1 Å². The van der Waals surface area contributed by atoms with Crippen LogP contribution in [-0.2, 0) is 14.9 Å². The molecule has 20 heavy (non-hydrogen) atoms. The van der Waals surface area contributed by atoms with Crippen molar-refractivity contribution in [3.8, 4) is 0 Å². The maximum atomic E-state index is 11.3. The van der Waals surface area contributed by atoms with Crippen LogP contribution in [0, 0.1) is 0 Å². The number of para-hydroxylation sites is 1. The molecule has 1 aromatic carbocycles. The Kier molecular flexibility index (Phi) is 4.17. The van der Waals surface area contributed by atoms with E-state index in [1.54, 1.807) is 0 Å². The maximum Gasteiger partial charge on any atom is 0.330 e. The first kappa shape index (κ1) is 14.6. The Bertz CT molecular complexity index is 519. The first-order valence-corrected chi connectivity index (χ1v) is 7.18. The quantitative estimate of drug-likeness (QED) is 0.623. The second-order valence-electron chi connectivity index (χ2n) is 5.72. The summed E-state index contributed by atoms with van der Waals surface area (Å²) in [5, 5.41) is 0. The number of ether oxygens (including phenoxy) is 1. The van der Waals surface area contributed by atoms with E-state index in [9.17, 15) is 4.79 Å². The third-order valence-corrected chi connectivity index (χ3v) is 4.26. The number of esters is 1. The minimum Gasteiger partial charge on any atom is -0.463 e. The van der Waals surface area contributed by atoms with Gasteiger partial charge in [0.25, 0.3) is 0 Å². The number of benzene rings is 1. The average Bonchev–Trinajstić information content (AvgIpc) is 2.61. The van der Waals surface area contributed by atoms with Crippen LogP contribution in [0.5, 0.6) is 0 Å². The summed E-state index contributed by atoms with van der Waals surface area (Å²) < 4.78 is 4.90. The smallest absolute Gasteiger partial charge is 0.330 e. The molecule has 0 saturated carbocycles. The predicted molar refractivity (Wildman–Crippen MR) is 82.0 cm³/mol. The molecule has 0 aromatic heterocycles. The lowest BCUT2D eigenvalue weighted by Gasteiger charge is -2.30. The third-order valence-electron chi connectivity index (χ3n) is 4.26. The first-order valence-electron chi connectivity index (χ1n) is 7.18. The molecule has 0 bridgehead atoms. The van der Waals surface area contributed by atoms with Gasteiger partial charge in [-0.05, 0) is 25.5 Å². The number of fused-ring (bicyclic) bond motifs is 1. The van der Waals surface area contributed by atoms with E-state index in [-0.39, 0.29) is 11.4 Å².